The van der Waals surface area contributed by atoms with Gasteiger partial charge >= 0.3 is 0 Å². The van der Waals surface area contributed by atoms with Gasteiger partial charge < -0.3 is 0 Å². The molecule has 29 heavy (non-hydrogen) atoms. The van der Waals surface area contributed by atoms with E-state index >= 15 is 0 Å². The van der Waals surface area contributed by atoms with Crippen LogP contribution in [-0.2, 0) is 16.1 Å². The van der Waals surface area contributed by atoms with Gasteiger partial charge in [0, 0.05) is 17.3 Å². The van der Waals surface area contributed by atoms with Gasteiger partial charge in [0.1, 0.15) is 0 Å². The Morgan fingerprint density at radius 2 is 1.41 bits per heavy atom. The van der Waals surface area contributed by atoms with Crippen molar-refractivity contribution in [3.63, 3.8) is 0 Å². The molecule has 0 radical (unpaired) electrons. The fraction of sp³-hybridized carbons (Fsp3) is 0.292. The molecule has 146 valence electrons. The lowest BCUT2D eigenvalue weighted by Gasteiger charge is -2.19. The summed E-state index contributed by atoms with van der Waals surface area (Å²) in [5.41, 5.74) is 3.63. The normalized spacial score (nSPS) is 21.4. The van der Waals surface area contributed by atoms with Gasteiger partial charge in [-0.3, -0.25) is 14.5 Å². The summed E-state index contributed by atoms with van der Waals surface area (Å²) in [7, 11) is 0. The minimum Gasteiger partial charge on any atom is -0.277 e. The Labute approximate surface area is 170 Å². The van der Waals surface area contributed by atoms with Gasteiger partial charge in [-0.25, -0.2) is 4.68 Å². The van der Waals surface area contributed by atoms with Crippen LogP contribution in [0.4, 0.5) is 0 Å². The van der Waals surface area contributed by atoms with Gasteiger partial charge in [-0.05, 0) is 25.0 Å². The van der Waals surface area contributed by atoms with E-state index in [0.29, 0.717) is 0 Å². The van der Waals surface area contributed by atoms with E-state index in [1.54, 1.807) is 0 Å². The molecule has 0 bridgehead atoms. The molecule has 0 N–H and O–H groups in total. The zero-order valence-electron chi connectivity index (χ0n) is 16.2. The number of likely N-dealkylation sites (tertiary alicyclic amines) is 1. The quantitative estimate of drug-likeness (QED) is 0.632. The van der Waals surface area contributed by atoms with Crippen molar-refractivity contribution in [2.45, 2.75) is 32.2 Å². The van der Waals surface area contributed by atoms with Crippen molar-refractivity contribution in [3.8, 4) is 16.9 Å². The third-order valence-corrected chi connectivity index (χ3v) is 6.12. The Balaban J connectivity index is 1.53. The summed E-state index contributed by atoms with van der Waals surface area (Å²) < 4.78 is 1.83. The molecule has 2 heterocycles. The van der Waals surface area contributed by atoms with Crippen LogP contribution in [0.15, 0.2) is 66.9 Å². The highest BCUT2D eigenvalue weighted by atomic mass is 16.2. The van der Waals surface area contributed by atoms with Gasteiger partial charge in [0.05, 0.1) is 29.8 Å². The maximum absolute atomic E-state index is 13.0. The molecule has 3 aromatic rings. The van der Waals surface area contributed by atoms with Crippen LogP contribution in [0.2, 0.25) is 0 Å². The Morgan fingerprint density at radius 3 is 2.03 bits per heavy atom. The minimum atomic E-state index is -0.124. The summed E-state index contributed by atoms with van der Waals surface area (Å²) in [6.45, 7) is 0.279. The van der Waals surface area contributed by atoms with Crippen LogP contribution in [0.1, 0.15) is 31.2 Å². The van der Waals surface area contributed by atoms with Gasteiger partial charge in [-0.1, -0.05) is 61.4 Å². The second-order valence-electron chi connectivity index (χ2n) is 7.91. The summed E-state index contributed by atoms with van der Waals surface area (Å²) >= 11 is 0. The van der Waals surface area contributed by atoms with Crippen LogP contribution in [-0.4, -0.2) is 26.5 Å². The van der Waals surface area contributed by atoms with Gasteiger partial charge in [-0.15, -0.1) is 0 Å². The molecular weight excluding hydrogens is 362 g/mol. The van der Waals surface area contributed by atoms with Crippen LogP contribution >= 0.6 is 0 Å². The summed E-state index contributed by atoms with van der Waals surface area (Å²) in [4.78, 5) is 27.4. The lowest BCUT2D eigenvalue weighted by molar-refractivity contribution is -0.140. The smallest absolute Gasteiger partial charge is 0.233 e. The van der Waals surface area contributed by atoms with E-state index < -0.39 is 0 Å². The van der Waals surface area contributed by atoms with Crippen molar-refractivity contribution >= 4 is 11.8 Å². The SMILES string of the molecule is O=C1C2CCCCC2C(=O)N1Cc1cn(-c2ccccc2)nc1-c1ccccc1. The van der Waals surface area contributed by atoms with Gasteiger partial charge in [0.25, 0.3) is 0 Å². The van der Waals surface area contributed by atoms with Crippen molar-refractivity contribution < 1.29 is 9.59 Å². The second-order valence-corrected chi connectivity index (χ2v) is 7.91. The number of carbonyl (C=O) groups excluding carboxylic acids is 2. The van der Waals surface area contributed by atoms with Crippen molar-refractivity contribution in [1.82, 2.24) is 14.7 Å². The van der Waals surface area contributed by atoms with Crippen LogP contribution in [0, 0.1) is 11.8 Å². The molecule has 2 unspecified atom stereocenters. The number of rotatable bonds is 4. The maximum Gasteiger partial charge on any atom is 0.233 e. The number of aromatic nitrogens is 2. The average Bonchev–Trinajstić information content (AvgIpc) is 3.31. The molecule has 0 spiro atoms. The molecule has 1 aliphatic carbocycles. The number of benzene rings is 2. The summed E-state index contributed by atoms with van der Waals surface area (Å²) in [5.74, 6) is -0.265. The average molecular weight is 385 g/mol. The number of imide groups is 1. The molecule has 1 aromatic heterocycles. The van der Waals surface area contributed by atoms with Crippen LogP contribution in [0.5, 0.6) is 0 Å². The molecule has 2 aliphatic rings. The molecule has 2 aromatic carbocycles. The monoisotopic (exact) mass is 385 g/mol. The highest BCUT2D eigenvalue weighted by Gasteiger charge is 2.48. The van der Waals surface area contributed by atoms with Crippen molar-refractivity contribution in [1.29, 1.82) is 0 Å². The molecule has 5 heteroatoms. The maximum atomic E-state index is 13.0. The molecule has 1 saturated heterocycles. The second kappa shape index (κ2) is 7.32. The standard InChI is InChI=1S/C24H23N3O2/c28-23-20-13-7-8-14-21(20)24(29)26(23)15-18-16-27(19-11-5-2-6-12-19)25-22(18)17-9-3-1-4-10-17/h1-6,9-12,16,20-21H,7-8,13-15H2. The largest absolute Gasteiger partial charge is 0.277 e. The number of hydrogen-bond acceptors (Lipinski definition) is 3. The van der Waals surface area contributed by atoms with Crippen LogP contribution in [0.25, 0.3) is 16.9 Å². The number of nitrogens with zero attached hydrogens (tertiary/aromatic N) is 3. The third kappa shape index (κ3) is 3.16. The molecule has 5 rings (SSSR count). The predicted octanol–water partition coefficient (Wildman–Crippen LogP) is 4.21. The number of amides is 2. The first kappa shape index (κ1) is 17.9. The lowest BCUT2D eigenvalue weighted by Crippen LogP contribution is -2.30. The Bertz CT molecular complexity index is 1020. The first-order chi connectivity index (χ1) is 14.2. The van der Waals surface area contributed by atoms with Crippen molar-refractivity contribution in [2.75, 3.05) is 0 Å². The molecule has 2 amide bonds. The molecule has 5 nitrogen and oxygen atoms in total. The minimum absolute atomic E-state index is 0.00817. The van der Waals surface area contributed by atoms with E-state index in [1.807, 2.05) is 71.5 Å². The van der Waals surface area contributed by atoms with E-state index in [0.717, 1.165) is 48.2 Å². The van der Waals surface area contributed by atoms with E-state index in [2.05, 4.69) is 0 Å². The number of para-hydroxylation sites is 1. The van der Waals surface area contributed by atoms with Gasteiger partial charge in [-0.2, -0.15) is 5.10 Å². The Morgan fingerprint density at radius 1 is 0.828 bits per heavy atom. The highest BCUT2D eigenvalue weighted by Crippen LogP contribution is 2.39. The van der Waals surface area contributed by atoms with Gasteiger partial charge in [0.2, 0.25) is 11.8 Å². The molecule has 1 saturated carbocycles. The zero-order valence-corrected chi connectivity index (χ0v) is 16.2. The van der Waals surface area contributed by atoms with E-state index in [-0.39, 0.29) is 30.2 Å². The number of hydrogen-bond donors (Lipinski definition) is 0. The summed E-state index contributed by atoms with van der Waals surface area (Å²) in [6, 6.07) is 19.8. The molecular formula is C24H23N3O2. The summed E-state index contributed by atoms with van der Waals surface area (Å²) in [6.07, 6.45) is 5.69. The highest BCUT2D eigenvalue weighted by molar-refractivity contribution is 6.05. The van der Waals surface area contributed by atoms with E-state index in [4.69, 9.17) is 5.10 Å². The molecule has 2 fully saturated rings. The molecule has 1 aliphatic heterocycles. The Kier molecular flexibility index (Phi) is 4.51. The Hall–Kier alpha value is -3.21. The first-order valence-corrected chi connectivity index (χ1v) is 10.3. The van der Waals surface area contributed by atoms with E-state index in [9.17, 15) is 9.59 Å². The van der Waals surface area contributed by atoms with Crippen molar-refractivity contribution in [2.24, 2.45) is 11.8 Å². The number of carbonyl (C=O) groups is 2. The van der Waals surface area contributed by atoms with Gasteiger partial charge in [0.15, 0.2) is 0 Å². The van der Waals surface area contributed by atoms with Crippen LogP contribution < -0.4 is 0 Å². The number of fused-ring (bicyclic) bond motifs is 1. The molecule has 2 atom stereocenters. The third-order valence-electron chi connectivity index (χ3n) is 6.12. The predicted molar refractivity (Wildman–Crippen MR) is 110 cm³/mol. The van der Waals surface area contributed by atoms with Crippen LogP contribution in [0.3, 0.4) is 0 Å². The first-order valence-electron chi connectivity index (χ1n) is 10.3. The van der Waals surface area contributed by atoms with E-state index in [1.165, 1.54) is 4.90 Å². The fourth-order valence-electron chi connectivity index (χ4n) is 4.63. The zero-order chi connectivity index (χ0) is 19.8. The summed E-state index contributed by atoms with van der Waals surface area (Å²) in [5, 5.41) is 4.80. The lowest BCUT2D eigenvalue weighted by atomic mass is 9.81. The fourth-order valence-corrected chi connectivity index (χ4v) is 4.63. The van der Waals surface area contributed by atoms with Crippen molar-refractivity contribution in [3.05, 3.63) is 72.4 Å². The topological polar surface area (TPSA) is 55.2 Å².